The summed E-state index contributed by atoms with van der Waals surface area (Å²) in [6.45, 7) is 4.36. The van der Waals surface area contributed by atoms with Crippen molar-refractivity contribution < 1.29 is 9.53 Å². The van der Waals surface area contributed by atoms with E-state index in [9.17, 15) is 4.79 Å². The van der Waals surface area contributed by atoms with Gasteiger partial charge >= 0.3 is 0 Å². The van der Waals surface area contributed by atoms with Crippen molar-refractivity contribution in [2.45, 2.75) is 25.8 Å². The minimum absolute atomic E-state index is 0.0689. The summed E-state index contributed by atoms with van der Waals surface area (Å²) in [5.41, 5.74) is 1.58. The van der Waals surface area contributed by atoms with E-state index in [0.717, 1.165) is 47.0 Å². The molecule has 4 rings (SSSR count). The maximum absolute atomic E-state index is 12.4. The minimum atomic E-state index is -0.0689. The van der Waals surface area contributed by atoms with Gasteiger partial charge in [0.15, 0.2) is 5.13 Å². The number of thiazole rings is 1. The van der Waals surface area contributed by atoms with Gasteiger partial charge in [0, 0.05) is 32.4 Å². The molecule has 27 heavy (non-hydrogen) atoms. The molecule has 0 saturated carbocycles. The summed E-state index contributed by atoms with van der Waals surface area (Å²) in [7, 11) is 1.81. The van der Waals surface area contributed by atoms with Crippen LogP contribution in [0.5, 0.6) is 5.75 Å². The minimum Gasteiger partial charge on any atom is -0.494 e. The Bertz CT molecular complexity index is 951. The van der Waals surface area contributed by atoms with Crippen LogP contribution in [0.4, 0.5) is 5.13 Å². The number of aryl methyl sites for hydroxylation is 1. The predicted octanol–water partition coefficient (Wildman–Crippen LogP) is 2.83. The van der Waals surface area contributed by atoms with Gasteiger partial charge in [0.05, 0.1) is 28.6 Å². The van der Waals surface area contributed by atoms with Gasteiger partial charge in [-0.2, -0.15) is 5.10 Å². The van der Waals surface area contributed by atoms with Crippen LogP contribution in [-0.2, 0) is 7.05 Å². The number of amides is 1. The summed E-state index contributed by atoms with van der Waals surface area (Å²) < 4.78 is 8.35. The second-order valence-electron chi connectivity index (χ2n) is 6.72. The molecule has 1 fully saturated rings. The van der Waals surface area contributed by atoms with E-state index in [-0.39, 0.29) is 11.9 Å². The second-order valence-corrected chi connectivity index (χ2v) is 7.73. The Morgan fingerprint density at radius 2 is 2.33 bits per heavy atom. The monoisotopic (exact) mass is 385 g/mol. The lowest BCUT2D eigenvalue weighted by molar-refractivity contribution is 0.0933. The van der Waals surface area contributed by atoms with Gasteiger partial charge in [-0.15, -0.1) is 0 Å². The summed E-state index contributed by atoms with van der Waals surface area (Å²) in [6.07, 6.45) is 5.33. The number of nitrogens with zero attached hydrogens (tertiary/aromatic N) is 4. The topological polar surface area (TPSA) is 72.3 Å². The van der Waals surface area contributed by atoms with Crippen LogP contribution >= 0.6 is 11.3 Å². The first kappa shape index (κ1) is 17.8. The molecule has 2 aromatic heterocycles. The molecule has 1 saturated heterocycles. The van der Waals surface area contributed by atoms with Crippen LogP contribution in [0.15, 0.2) is 30.6 Å². The molecular weight excluding hydrogens is 362 g/mol. The Hall–Kier alpha value is -2.61. The first-order chi connectivity index (χ1) is 13.1. The highest BCUT2D eigenvalue weighted by Crippen LogP contribution is 2.32. The van der Waals surface area contributed by atoms with Crippen molar-refractivity contribution in [1.82, 2.24) is 20.1 Å². The molecule has 0 aliphatic carbocycles. The van der Waals surface area contributed by atoms with E-state index in [1.165, 1.54) is 0 Å². The molecule has 1 aliphatic rings. The third-order valence-corrected chi connectivity index (χ3v) is 5.73. The Labute approximate surface area is 162 Å². The first-order valence-electron chi connectivity index (χ1n) is 9.20. The highest BCUT2D eigenvalue weighted by atomic mass is 32.1. The number of ether oxygens (including phenoxy) is 1. The summed E-state index contributed by atoms with van der Waals surface area (Å²) in [4.78, 5) is 19.4. The Kier molecular flexibility index (Phi) is 4.98. The molecule has 0 radical (unpaired) electrons. The Balaban J connectivity index is 1.46. The summed E-state index contributed by atoms with van der Waals surface area (Å²) in [5.74, 6) is 0.807. The number of benzene rings is 1. The van der Waals surface area contributed by atoms with Gasteiger partial charge in [0.25, 0.3) is 5.91 Å². The van der Waals surface area contributed by atoms with E-state index < -0.39 is 0 Å². The number of hydrogen-bond acceptors (Lipinski definition) is 6. The van der Waals surface area contributed by atoms with Gasteiger partial charge in [0.2, 0.25) is 0 Å². The third kappa shape index (κ3) is 3.90. The van der Waals surface area contributed by atoms with Crippen molar-refractivity contribution in [2.75, 3.05) is 24.6 Å². The highest BCUT2D eigenvalue weighted by Gasteiger charge is 2.24. The van der Waals surface area contributed by atoms with Crippen molar-refractivity contribution in [3.8, 4) is 5.75 Å². The maximum Gasteiger partial charge on any atom is 0.254 e. The number of carbonyl (C=O) groups is 1. The van der Waals surface area contributed by atoms with Crippen LogP contribution in [0.25, 0.3) is 10.2 Å². The molecule has 0 bridgehead atoms. The van der Waals surface area contributed by atoms with Gasteiger partial charge in [0.1, 0.15) is 5.75 Å². The normalized spacial score (nSPS) is 17.3. The third-order valence-electron chi connectivity index (χ3n) is 4.65. The number of rotatable bonds is 5. The van der Waals surface area contributed by atoms with Crippen LogP contribution in [0, 0.1) is 0 Å². The molecule has 1 aromatic carbocycles. The van der Waals surface area contributed by atoms with Gasteiger partial charge < -0.3 is 15.0 Å². The smallest absolute Gasteiger partial charge is 0.254 e. The molecule has 1 atom stereocenters. The lowest BCUT2D eigenvalue weighted by Crippen LogP contribution is -2.47. The molecule has 1 aliphatic heterocycles. The zero-order valence-electron chi connectivity index (χ0n) is 15.5. The summed E-state index contributed by atoms with van der Waals surface area (Å²) in [5, 5.41) is 8.19. The van der Waals surface area contributed by atoms with Crippen LogP contribution in [0.1, 0.15) is 30.1 Å². The predicted molar refractivity (Wildman–Crippen MR) is 107 cm³/mol. The van der Waals surface area contributed by atoms with Crippen LogP contribution in [-0.4, -0.2) is 46.4 Å². The molecule has 1 unspecified atom stereocenters. The molecule has 1 N–H and O–H groups in total. The number of aromatic nitrogens is 3. The number of piperidine rings is 1. The van der Waals surface area contributed by atoms with Gasteiger partial charge in [-0.3, -0.25) is 9.48 Å². The fraction of sp³-hybridized carbons (Fsp3) is 0.421. The molecule has 3 aromatic rings. The van der Waals surface area contributed by atoms with E-state index in [4.69, 9.17) is 9.72 Å². The largest absolute Gasteiger partial charge is 0.494 e. The average molecular weight is 385 g/mol. The van der Waals surface area contributed by atoms with Crippen molar-refractivity contribution in [3.63, 3.8) is 0 Å². The van der Waals surface area contributed by atoms with E-state index in [1.54, 1.807) is 28.4 Å². The Morgan fingerprint density at radius 3 is 3.11 bits per heavy atom. The van der Waals surface area contributed by atoms with Crippen LogP contribution in [0.3, 0.4) is 0 Å². The van der Waals surface area contributed by atoms with E-state index in [2.05, 4.69) is 15.3 Å². The molecule has 7 nitrogen and oxygen atoms in total. The number of nitrogens with one attached hydrogen (secondary N) is 1. The fourth-order valence-electron chi connectivity index (χ4n) is 3.36. The lowest BCUT2D eigenvalue weighted by Gasteiger charge is -2.32. The van der Waals surface area contributed by atoms with Crippen molar-refractivity contribution in [3.05, 3.63) is 36.2 Å². The fourth-order valence-corrected chi connectivity index (χ4v) is 4.39. The molecule has 142 valence electrons. The zero-order valence-corrected chi connectivity index (χ0v) is 16.3. The van der Waals surface area contributed by atoms with Crippen molar-refractivity contribution >= 4 is 32.6 Å². The SMILES string of the molecule is CCOc1ccc2nc(N3CCCC(NC(=O)c4cnn(C)c4)C3)sc2c1. The molecule has 1 amide bonds. The molecule has 8 heteroatoms. The van der Waals surface area contributed by atoms with E-state index in [0.29, 0.717) is 12.2 Å². The first-order valence-corrected chi connectivity index (χ1v) is 10.0. The molecule has 0 spiro atoms. The van der Waals surface area contributed by atoms with Gasteiger partial charge in [-0.1, -0.05) is 11.3 Å². The van der Waals surface area contributed by atoms with Gasteiger partial charge in [-0.25, -0.2) is 4.98 Å². The number of carbonyl (C=O) groups excluding carboxylic acids is 1. The Morgan fingerprint density at radius 1 is 1.44 bits per heavy atom. The average Bonchev–Trinajstić information content (AvgIpc) is 3.28. The quantitative estimate of drug-likeness (QED) is 0.731. The van der Waals surface area contributed by atoms with Crippen LogP contribution in [0.2, 0.25) is 0 Å². The van der Waals surface area contributed by atoms with E-state index in [1.807, 2.05) is 32.2 Å². The maximum atomic E-state index is 12.4. The second kappa shape index (κ2) is 7.56. The lowest BCUT2D eigenvalue weighted by atomic mass is 10.1. The molecular formula is C19H23N5O2S. The van der Waals surface area contributed by atoms with Crippen molar-refractivity contribution in [1.29, 1.82) is 0 Å². The zero-order chi connectivity index (χ0) is 18.8. The number of fused-ring (bicyclic) bond motifs is 1. The summed E-state index contributed by atoms with van der Waals surface area (Å²) in [6, 6.07) is 6.12. The summed E-state index contributed by atoms with van der Waals surface area (Å²) >= 11 is 1.67. The standard InChI is InChI=1S/C19H23N5O2S/c1-3-26-15-6-7-16-17(9-15)27-19(22-16)24-8-4-5-14(12-24)21-18(25)13-10-20-23(2)11-13/h6-7,9-11,14H,3-5,8,12H2,1-2H3,(H,21,25). The highest BCUT2D eigenvalue weighted by molar-refractivity contribution is 7.22. The van der Waals surface area contributed by atoms with Gasteiger partial charge in [-0.05, 0) is 38.0 Å². The number of anilines is 1. The van der Waals surface area contributed by atoms with Crippen LogP contribution < -0.4 is 15.0 Å². The number of hydrogen-bond donors (Lipinski definition) is 1. The van der Waals surface area contributed by atoms with Crippen molar-refractivity contribution in [2.24, 2.45) is 7.05 Å². The van der Waals surface area contributed by atoms with E-state index >= 15 is 0 Å². The molecule has 3 heterocycles.